The molecule has 4 aromatic rings. The first-order valence-electron chi connectivity index (χ1n) is 10.6. The number of hydrogen-bond donors (Lipinski definition) is 3. The summed E-state index contributed by atoms with van der Waals surface area (Å²) in [6.45, 7) is -0.0954. The number of carbonyl (C=O) groups is 2. The fourth-order valence-electron chi connectivity index (χ4n) is 3.62. The van der Waals surface area contributed by atoms with Gasteiger partial charge in [0.25, 0.3) is 5.91 Å². The quantitative estimate of drug-likeness (QED) is 0.280. The van der Waals surface area contributed by atoms with Crippen molar-refractivity contribution in [1.82, 2.24) is 15.2 Å². The number of benzene rings is 3. The van der Waals surface area contributed by atoms with Crippen molar-refractivity contribution >= 4 is 18.0 Å². The molecule has 0 saturated heterocycles. The highest BCUT2D eigenvalue weighted by Crippen LogP contribution is 2.30. The van der Waals surface area contributed by atoms with Crippen molar-refractivity contribution in [3.63, 3.8) is 0 Å². The van der Waals surface area contributed by atoms with Crippen molar-refractivity contribution in [2.45, 2.75) is 12.1 Å². The van der Waals surface area contributed by atoms with Crippen LogP contribution in [0.25, 0.3) is 11.3 Å². The molecule has 0 spiro atoms. The van der Waals surface area contributed by atoms with Crippen molar-refractivity contribution in [3.8, 4) is 11.3 Å². The topological polar surface area (TPSA) is 123 Å². The Morgan fingerprint density at radius 2 is 1.47 bits per heavy atom. The summed E-state index contributed by atoms with van der Waals surface area (Å²) in [5.41, 5.74) is 8.57. The van der Waals surface area contributed by atoms with Crippen LogP contribution in [0.4, 0.5) is 0 Å². The molecule has 170 valence electrons. The Hall–Kier alpha value is -4.56. The van der Waals surface area contributed by atoms with E-state index in [1.54, 1.807) is 66.9 Å². The zero-order valence-corrected chi connectivity index (χ0v) is 18.2. The van der Waals surface area contributed by atoms with Gasteiger partial charge in [-0.25, -0.2) is 5.43 Å². The number of nitrogens with one attached hydrogen (secondary N) is 1. The van der Waals surface area contributed by atoms with Gasteiger partial charge in [-0.1, -0.05) is 91.0 Å². The number of carbonyl (C=O) groups excluding carboxylic acids is 2. The molecule has 0 aliphatic rings. The van der Waals surface area contributed by atoms with Gasteiger partial charge in [-0.2, -0.15) is 10.2 Å². The van der Waals surface area contributed by atoms with Crippen LogP contribution in [0.5, 0.6) is 0 Å². The van der Waals surface area contributed by atoms with Gasteiger partial charge in [0.15, 0.2) is 5.60 Å². The van der Waals surface area contributed by atoms with E-state index in [1.807, 2.05) is 30.3 Å². The average molecular weight is 454 g/mol. The van der Waals surface area contributed by atoms with Gasteiger partial charge in [0.05, 0.1) is 6.21 Å². The van der Waals surface area contributed by atoms with Crippen molar-refractivity contribution in [2.75, 3.05) is 0 Å². The summed E-state index contributed by atoms with van der Waals surface area (Å²) >= 11 is 0. The maximum Gasteiger partial charge on any atom is 0.281 e. The number of rotatable bonds is 8. The highest BCUT2D eigenvalue weighted by atomic mass is 16.3. The minimum Gasteiger partial charge on any atom is -0.372 e. The van der Waals surface area contributed by atoms with Crippen LogP contribution in [0.2, 0.25) is 0 Å². The van der Waals surface area contributed by atoms with Crippen LogP contribution >= 0.6 is 0 Å². The highest BCUT2D eigenvalue weighted by Gasteiger charge is 2.39. The lowest BCUT2D eigenvalue weighted by molar-refractivity contribution is -0.136. The smallest absolute Gasteiger partial charge is 0.281 e. The van der Waals surface area contributed by atoms with Crippen LogP contribution in [-0.2, 0) is 21.7 Å². The molecule has 0 saturated carbocycles. The van der Waals surface area contributed by atoms with Crippen molar-refractivity contribution in [3.05, 3.63) is 114 Å². The first-order chi connectivity index (χ1) is 16.5. The Morgan fingerprint density at radius 3 is 2.00 bits per heavy atom. The molecule has 2 amide bonds. The maximum absolute atomic E-state index is 13.2. The summed E-state index contributed by atoms with van der Waals surface area (Å²) in [5.74, 6) is -1.25. The lowest BCUT2D eigenvalue weighted by atomic mass is 9.85. The van der Waals surface area contributed by atoms with Gasteiger partial charge in [0.1, 0.15) is 12.2 Å². The Labute approximate surface area is 196 Å². The number of aliphatic hydroxyl groups is 1. The van der Waals surface area contributed by atoms with E-state index < -0.39 is 17.4 Å². The highest BCUT2D eigenvalue weighted by molar-refractivity contribution is 5.93. The van der Waals surface area contributed by atoms with Crippen LogP contribution in [0, 0.1) is 0 Å². The molecular weight excluding hydrogens is 430 g/mol. The first-order valence-corrected chi connectivity index (χ1v) is 10.6. The van der Waals surface area contributed by atoms with E-state index in [1.165, 1.54) is 10.9 Å². The van der Waals surface area contributed by atoms with Crippen LogP contribution in [0.15, 0.2) is 102 Å². The predicted molar refractivity (Wildman–Crippen MR) is 128 cm³/mol. The molecule has 1 aromatic heterocycles. The Balaban J connectivity index is 1.64. The van der Waals surface area contributed by atoms with E-state index in [2.05, 4.69) is 15.6 Å². The molecule has 4 rings (SSSR count). The molecular formula is C26H23N5O3. The molecule has 0 radical (unpaired) electrons. The second-order valence-corrected chi connectivity index (χ2v) is 7.60. The fraction of sp³-hybridized carbons (Fsp3) is 0.0769. The third-order valence-corrected chi connectivity index (χ3v) is 5.24. The molecule has 34 heavy (non-hydrogen) atoms. The lowest BCUT2D eigenvalue weighted by Crippen LogP contribution is -2.43. The first kappa shape index (κ1) is 22.6. The third-order valence-electron chi connectivity index (χ3n) is 5.24. The number of hydrogen-bond acceptors (Lipinski definition) is 5. The van der Waals surface area contributed by atoms with E-state index in [-0.39, 0.29) is 6.54 Å². The van der Waals surface area contributed by atoms with Crippen molar-refractivity contribution in [2.24, 2.45) is 10.8 Å². The number of hydrazone groups is 1. The zero-order chi connectivity index (χ0) is 24.0. The summed E-state index contributed by atoms with van der Waals surface area (Å²) in [5, 5.41) is 20.0. The number of amides is 2. The molecule has 0 fully saturated rings. The predicted octanol–water partition coefficient (Wildman–Crippen LogP) is 2.42. The summed E-state index contributed by atoms with van der Waals surface area (Å²) < 4.78 is 1.41. The number of aromatic nitrogens is 2. The minimum atomic E-state index is -1.95. The summed E-state index contributed by atoms with van der Waals surface area (Å²) in [4.78, 5) is 24.6. The van der Waals surface area contributed by atoms with Crippen LogP contribution in [0.1, 0.15) is 16.7 Å². The van der Waals surface area contributed by atoms with Gasteiger partial charge >= 0.3 is 0 Å². The summed E-state index contributed by atoms with van der Waals surface area (Å²) in [7, 11) is 0. The van der Waals surface area contributed by atoms with Gasteiger partial charge in [0, 0.05) is 17.3 Å². The molecule has 4 N–H and O–H groups in total. The van der Waals surface area contributed by atoms with Gasteiger partial charge < -0.3 is 10.8 Å². The second-order valence-electron chi connectivity index (χ2n) is 7.60. The molecule has 0 atom stereocenters. The average Bonchev–Trinajstić information content (AvgIpc) is 3.26. The van der Waals surface area contributed by atoms with Crippen molar-refractivity contribution in [1.29, 1.82) is 0 Å². The van der Waals surface area contributed by atoms with E-state index in [0.29, 0.717) is 22.4 Å². The molecule has 1 heterocycles. The zero-order valence-electron chi connectivity index (χ0n) is 18.2. The summed E-state index contributed by atoms with van der Waals surface area (Å²) in [6, 6.07) is 26.7. The lowest BCUT2D eigenvalue weighted by Gasteiger charge is -2.27. The van der Waals surface area contributed by atoms with E-state index >= 15 is 0 Å². The van der Waals surface area contributed by atoms with E-state index in [4.69, 9.17) is 5.73 Å². The molecule has 0 bridgehead atoms. The Morgan fingerprint density at radius 1 is 0.941 bits per heavy atom. The number of nitrogens with zero attached hydrogens (tertiary/aromatic N) is 3. The standard InChI is InChI=1S/C26H23N5O3/c27-23(32)18-31-17-20(24(30-31)19-10-4-1-5-11-19)16-28-29-25(33)26(34,21-12-6-2-7-13-21)22-14-8-3-9-15-22/h1-17,34H,18H2,(H2,27,32)(H,29,33)/b28-16+. The molecule has 8 heteroatoms. The maximum atomic E-state index is 13.2. The SMILES string of the molecule is NC(=O)Cn1cc(/C=N/NC(=O)C(O)(c2ccccc2)c2ccccc2)c(-c2ccccc2)n1. The van der Waals surface area contributed by atoms with Crippen LogP contribution < -0.4 is 11.2 Å². The van der Waals surface area contributed by atoms with Gasteiger partial charge in [-0.05, 0) is 11.1 Å². The number of nitrogens with two attached hydrogens (primary N) is 1. The van der Waals surface area contributed by atoms with Gasteiger partial charge in [-0.15, -0.1) is 0 Å². The minimum absolute atomic E-state index is 0.0954. The molecule has 0 aliphatic heterocycles. The normalized spacial score (nSPS) is 11.4. The fourth-order valence-corrected chi connectivity index (χ4v) is 3.62. The van der Waals surface area contributed by atoms with Crippen LogP contribution in [-0.4, -0.2) is 32.9 Å². The molecule has 0 aliphatic carbocycles. The second kappa shape index (κ2) is 9.93. The summed E-state index contributed by atoms with van der Waals surface area (Å²) in [6.07, 6.45) is 3.03. The van der Waals surface area contributed by atoms with E-state index in [0.717, 1.165) is 5.56 Å². The third kappa shape index (κ3) is 4.77. The van der Waals surface area contributed by atoms with E-state index in [9.17, 15) is 14.7 Å². The Bertz CT molecular complexity index is 1260. The number of primary amides is 1. The van der Waals surface area contributed by atoms with Gasteiger partial charge in [0.2, 0.25) is 5.91 Å². The largest absolute Gasteiger partial charge is 0.372 e. The molecule has 0 unspecified atom stereocenters. The van der Waals surface area contributed by atoms with Crippen LogP contribution in [0.3, 0.4) is 0 Å². The van der Waals surface area contributed by atoms with Crippen molar-refractivity contribution < 1.29 is 14.7 Å². The van der Waals surface area contributed by atoms with Gasteiger partial charge in [-0.3, -0.25) is 14.3 Å². The Kier molecular flexibility index (Phi) is 6.61. The molecule has 8 nitrogen and oxygen atoms in total. The monoisotopic (exact) mass is 453 g/mol. The molecule has 3 aromatic carbocycles.